The number of anilines is 1. The number of sulfone groups is 1. The van der Waals surface area contributed by atoms with Crippen LogP contribution in [0.15, 0.2) is 0 Å². The smallest absolute Gasteiger partial charge is 0.240 e. The standard InChI is InChI=1S/C6H11N5O2S/c7-6-8-9-10-11(6)5-2-1-3-14(12,13)4-5/h5H,1-4H2,(H2,7,8,10). The quantitative estimate of drug-likeness (QED) is 0.647. The summed E-state index contributed by atoms with van der Waals surface area (Å²) >= 11 is 0. The fourth-order valence-corrected chi connectivity index (χ4v) is 3.32. The van der Waals surface area contributed by atoms with Crippen molar-refractivity contribution in [3.63, 3.8) is 0 Å². The molecule has 0 aliphatic carbocycles. The van der Waals surface area contributed by atoms with Gasteiger partial charge in [0.15, 0.2) is 9.84 Å². The van der Waals surface area contributed by atoms with Crippen molar-refractivity contribution in [1.82, 2.24) is 20.2 Å². The second kappa shape index (κ2) is 3.19. The molecule has 0 bridgehead atoms. The highest BCUT2D eigenvalue weighted by Crippen LogP contribution is 2.23. The van der Waals surface area contributed by atoms with E-state index in [0.717, 1.165) is 6.42 Å². The second-order valence-corrected chi connectivity index (χ2v) is 5.62. The van der Waals surface area contributed by atoms with Crippen molar-refractivity contribution in [3.8, 4) is 0 Å². The van der Waals surface area contributed by atoms with Crippen LogP contribution in [-0.4, -0.2) is 40.1 Å². The monoisotopic (exact) mass is 217 g/mol. The fraction of sp³-hybridized carbons (Fsp3) is 0.833. The van der Waals surface area contributed by atoms with Crippen molar-refractivity contribution >= 4 is 15.8 Å². The molecule has 2 rings (SSSR count). The fourth-order valence-electron chi connectivity index (χ4n) is 1.65. The van der Waals surface area contributed by atoms with Gasteiger partial charge in [-0.1, -0.05) is 5.10 Å². The van der Waals surface area contributed by atoms with E-state index in [1.807, 2.05) is 0 Å². The molecular weight excluding hydrogens is 206 g/mol. The minimum absolute atomic E-state index is 0.0856. The first-order valence-corrected chi connectivity index (χ1v) is 6.14. The van der Waals surface area contributed by atoms with E-state index in [2.05, 4.69) is 15.5 Å². The molecule has 0 saturated carbocycles. The first-order chi connectivity index (χ1) is 6.58. The van der Waals surface area contributed by atoms with Crippen molar-refractivity contribution in [3.05, 3.63) is 0 Å². The van der Waals surface area contributed by atoms with Crippen molar-refractivity contribution < 1.29 is 8.42 Å². The Hall–Kier alpha value is -1.18. The van der Waals surface area contributed by atoms with Crippen LogP contribution in [0.25, 0.3) is 0 Å². The number of aromatic nitrogens is 4. The number of hydrogen-bond donors (Lipinski definition) is 1. The molecule has 2 N–H and O–H groups in total. The van der Waals surface area contributed by atoms with Gasteiger partial charge >= 0.3 is 0 Å². The summed E-state index contributed by atoms with van der Waals surface area (Å²) in [6.45, 7) is 0. The minimum atomic E-state index is -2.95. The van der Waals surface area contributed by atoms with Crippen LogP contribution < -0.4 is 5.73 Å². The van der Waals surface area contributed by atoms with E-state index in [1.54, 1.807) is 0 Å². The Morgan fingerprint density at radius 3 is 2.86 bits per heavy atom. The molecule has 7 nitrogen and oxygen atoms in total. The number of rotatable bonds is 1. The average molecular weight is 217 g/mol. The van der Waals surface area contributed by atoms with Crippen molar-refractivity contribution in [2.75, 3.05) is 17.2 Å². The van der Waals surface area contributed by atoms with E-state index < -0.39 is 9.84 Å². The van der Waals surface area contributed by atoms with Crippen LogP contribution in [0.5, 0.6) is 0 Å². The lowest BCUT2D eigenvalue weighted by Crippen LogP contribution is -2.28. The van der Waals surface area contributed by atoms with Crippen LogP contribution in [0, 0.1) is 0 Å². The molecule has 1 aliphatic heterocycles. The molecule has 0 spiro atoms. The van der Waals surface area contributed by atoms with Gasteiger partial charge in [-0.25, -0.2) is 13.1 Å². The predicted octanol–water partition coefficient (Wildman–Crippen LogP) is -0.995. The SMILES string of the molecule is Nc1nnnn1C1CCCS(=O)(=O)C1. The van der Waals surface area contributed by atoms with Gasteiger partial charge in [-0.2, -0.15) is 0 Å². The maximum Gasteiger partial charge on any atom is 0.240 e. The number of tetrazole rings is 1. The lowest BCUT2D eigenvalue weighted by atomic mass is 10.2. The van der Waals surface area contributed by atoms with Gasteiger partial charge in [-0.15, -0.1) is 0 Å². The third-order valence-electron chi connectivity index (χ3n) is 2.30. The maximum absolute atomic E-state index is 11.3. The lowest BCUT2D eigenvalue weighted by Gasteiger charge is -2.21. The summed E-state index contributed by atoms with van der Waals surface area (Å²) in [5.41, 5.74) is 5.49. The molecule has 1 aliphatic rings. The summed E-state index contributed by atoms with van der Waals surface area (Å²) in [4.78, 5) is 0. The molecule has 1 saturated heterocycles. The third kappa shape index (κ3) is 1.69. The van der Waals surface area contributed by atoms with Crippen molar-refractivity contribution in [2.45, 2.75) is 18.9 Å². The Kier molecular flexibility index (Phi) is 2.14. The average Bonchev–Trinajstić information content (AvgIpc) is 2.49. The molecule has 1 fully saturated rings. The van der Waals surface area contributed by atoms with Crippen LogP contribution in [0.3, 0.4) is 0 Å². The van der Waals surface area contributed by atoms with Gasteiger partial charge in [0, 0.05) is 0 Å². The number of nitrogen functional groups attached to an aromatic ring is 1. The van der Waals surface area contributed by atoms with Gasteiger partial charge in [0.1, 0.15) is 0 Å². The zero-order valence-corrected chi connectivity index (χ0v) is 8.31. The number of hydrogen-bond acceptors (Lipinski definition) is 6. The highest BCUT2D eigenvalue weighted by molar-refractivity contribution is 7.91. The van der Waals surface area contributed by atoms with Crippen LogP contribution in [0.1, 0.15) is 18.9 Å². The van der Waals surface area contributed by atoms with E-state index in [9.17, 15) is 8.42 Å². The molecular formula is C6H11N5O2S. The third-order valence-corrected chi connectivity index (χ3v) is 4.11. The molecule has 78 valence electrons. The Labute approximate surface area is 81.2 Å². The van der Waals surface area contributed by atoms with Crippen LogP contribution in [0.4, 0.5) is 5.95 Å². The van der Waals surface area contributed by atoms with Crippen LogP contribution >= 0.6 is 0 Å². The Bertz CT molecular complexity index is 425. The Balaban J connectivity index is 2.24. The van der Waals surface area contributed by atoms with Crippen molar-refractivity contribution in [1.29, 1.82) is 0 Å². The topological polar surface area (TPSA) is 104 Å². The van der Waals surface area contributed by atoms with Gasteiger partial charge in [0.25, 0.3) is 0 Å². The summed E-state index contributed by atoms with van der Waals surface area (Å²) in [5, 5.41) is 10.6. The predicted molar refractivity (Wildman–Crippen MR) is 49.2 cm³/mol. The van der Waals surface area contributed by atoms with Crippen LogP contribution in [0.2, 0.25) is 0 Å². The zero-order valence-electron chi connectivity index (χ0n) is 7.50. The highest BCUT2D eigenvalue weighted by Gasteiger charge is 2.27. The number of nitrogens with two attached hydrogens (primary N) is 1. The largest absolute Gasteiger partial charge is 0.367 e. The van der Waals surface area contributed by atoms with Gasteiger partial charge in [0.2, 0.25) is 5.95 Å². The van der Waals surface area contributed by atoms with Gasteiger partial charge in [-0.05, 0) is 23.3 Å². The molecule has 0 aromatic carbocycles. The van der Waals surface area contributed by atoms with E-state index in [1.165, 1.54) is 4.68 Å². The molecule has 1 aromatic heterocycles. The summed E-state index contributed by atoms with van der Waals surface area (Å²) < 4.78 is 24.1. The van der Waals surface area contributed by atoms with Gasteiger partial charge in [-0.3, -0.25) is 0 Å². The van der Waals surface area contributed by atoms with Crippen molar-refractivity contribution in [2.24, 2.45) is 0 Å². The van der Waals surface area contributed by atoms with Gasteiger partial charge < -0.3 is 5.73 Å². The first kappa shape index (κ1) is 9.38. The highest BCUT2D eigenvalue weighted by atomic mass is 32.2. The molecule has 1 unspecified atom stereocenters. The minimum Gasteiger partial charge on any atom is -0.367 e. The normalized spacial score (nSPS) is 26.1. The molecule has 1 aromatic rings. The van der Waals surface area contributed by atoms with E-state index in [0.29, 0.717) is 6.42 Å². The summed E-state index contributed by atoms with van der Waals surface area (Å²) in [6, 6.07) is -0.205. The molecule has 2 heterocycles. The molecule has 8 heteroatoms. The first-order valence-electron chi connectivity index (χ1n) is 4.32. The Morgan fingerprint density at radius 1 is 1.50 bits per heavy atom. The van der Waals surface area contributed by atoms with Gasteiger partial charge in [0.05, 0.1) is 17.5 Å². The van der Waals surface area contributed by atoms with E-state index >= 15 is 0 Å². The molecule has 1 atom stereocenters. The summed E-state index contributed by atoms with van der Waals surface area (Å²) in [6.07, 6.45) is 1.40. The lowest BCUT2D eigenvalue weighted by molar-refractivity contribution is 0.430. The Morgan fingerprint density at radius 2 is 2.29 bits per heavy atom. The second-order valence-electron chi connectivity index (χ2n) is 3.39. The summed E-state index contributed by atoms with van der Waals surface area (Å²) in [7, 11) is -2.95. The van der Waals surface area contributed by atoms with Crippen LogP contribution in [-0.2, 0) is 9.84 Å². The zero-order chi connectivity index (χ0) is 10.2. The molecule has 0 amide bonds. The van der Waals surface area contributed by atoms with E-state index in [-0.39, 0.29) is 23.5 Å². The molecule has 14 heavy (non-hydrogen) atoms. The van der Waals surface area contributed by atoms with E-state index in [4.69, 9.17) is 5.73 Å². The summed E-state index contributed by atoms with van der Waals surface area (Å²) in [5.74, 6) is 0.514. The maximum atomic E-state index is 11.3. The molecule has 0 radical (unpaired) electrons. The number of nitrogens with zero attached hydrogens (tertiary/aromatic N) is 4.